The molecule has 0 saturated heterocycles. The molecule has 88 valence electrons. The average Bonchev–Trinajstić information content (AvgIpc) is 2.30. The van der Waals surface area contributed by atoms with Crippen molar-refractivity contribution in [1.82, 2.24) is 4.90 Å². The van der Waals surface area contributed by atoms with Crippen molar-refractivity contribution in [2.24, 2.45) is 0 Å². The summed E-state index contributed by atoms with van der Waals surface area (Å²) in [5.41, 5.74) is 0.977. The lowest BCUT2D eigenvalue weighted by Gasteiger charge is -2.23. The van der Waals surface area contributed by atoms with E-state index in [2.05, 4.69) is 15.9 Å². The van der Waals surface area contributed by atoms with E-state index in [1.807, 2.05) is 31.2 Å². The van der Waals surface area contributed by atoms with E-state index < -0.39 is 0 Å². The Bertz CT molecular complexity index is 351. The number of carbonyl (C=O) groups excluding carboxylic acids is 1. The van der Waals surface area contributed by atoms with Gasteiger partial charge in [-0.15, -0.1) is 0 Å². The van der Waals surface area contributed by atoms with Crippen LogP contribution in [0.1, 0.15) is 12.5 Å². The molecule has 0 bridgehead atoms. The molecule has 1 aromatic rings. The summed E-state index contributed by atoms with van der Waals surface area (Å²) in [6.45, 7) is 1.81. The second kappa shape index (κ2) is 6.01. The van der Waals surface area contributed by atoms with E-state index in [0.29, 0.717) is 6.42 Å². The zero-order valence-corrected chi connectivity index (χ0v) is 11.1. The van der Waals surface area contributed by atoms with E-state index in [4.69, 9.17) is 5.11 Å². The molecule has 0 radical (unpaired) electrons. The molecule has 4 heteroatoms. The number of benzene rings is 1. The fourth-order valence-corrected chi connectivity index (χ4v) is 1.53. The number of halogens is 1. The SMILES string of the molecule is CC(CO)N(C)C(=O)Cc1ccc(Br)cc1. The number of rotatable bonds is 4. The quantitative estimate of drug-likeness (QED) is 0.917. The van der Waals surface area contributed by atoms with E-state index in [9.17, 15) is 4.79 Å². The van der Waals surface area contributed by atoms with Crippen molar-refractivity contribution in [2.75, 3.05) is 13.7 Å². The summed E-state index contributed by atoms with van der Waals surface area (Å²) < 4.78 is 1.00. The summed E-state index contributed by atoms with van der Waals surface area (Å²) in [6, 6.07) is 7.53. The van der Waals surface area contributed by atoms with Crippen LogP contribution in [0.2, 0.25) is 0 Å². The Balaban J connectivity index is 2.60. The Morgan fingerprint density at radius 3 is 2.50 bits per heavy atom. The van der Waals surface area contributed by atoms with Crippen molar-refractivity contribution >= 4 is 21.8 Å². The van der Waals surface area contributed by atoms with Crippen LogP contribution in [0.5, 0.6) is 0 Å². The highest BCUT2D eigenvalue weighted by Crippen LogP contribution is 2.11. The van der Waals surface area contributed by atoms with E-state index in [1.54, 1.807) is 11.9 Å². The maximum Gasteiger partial charge on any atom is 0.227 e. The second-order valence-corrected chi connectivity index (χ2v) is 4.76. The van der Waals surface area contributed by atoms with Gasteiger partial charge in [0.05, 0.1) is 19.1 Å². The first-order valence-electron chi connectivity index (χ1n) is 5.15. The van der Waals surface area contributed by atoms with Gasteiger partial charge in [-0.2, -0.15) is 0 Å². The summed E-state index contributed by atoms with van der Waals surface area (Å²) >= 11 is 3.35. The van der Waals surface area contributed by atoms with Crippen molar-refractivity contribution < 1.29 is 9.90 Å². The van der Waals surface area contributed by atoms with Gasteiger partial charge in [-0.3, -0.25) is 4.79 Å². The molecular weight excluding hydrogens is 270 g/mol. The highest BCUT2D eigenvalue weighted by atomic mass is 79.9. The number of amides is 1. The van der Waals surface area contributed by atoms with Gasteiger partial charge in [-0.1, -0.05) is 28.1 Å². The maximum absolute atomic E-state index is 11.8. The first-order chi connectivity index (χ1) is 7.54. The molecule has 1 N–H and O–H groups in total. The third kappa shape index (κ3) is 3.61. The molecule has 1 atom stereocenters. The smallest absolute Gasteiger partial charge is 0.227 e. The standard InChI is InChI=1S/C12H16BrNO2/c1-9(8-15)14(2)12(16)7-10-3-5-11(13)6-4-10/h3-6,9,15H,7-8H2,1-2H3. The molecule has 0 spiro atoms. The Morgan fingerprint density at radius 2 is 2.00 bits per heavy atom. The number of nitrogens with zero attached hydrogens (tertiary/aromatic N) is 1. The van der Waals surface area contributed by atoms with Crippen LogP contribution in [-0.4, -0.2) is 35.6 Å². The fourth-order valence-electron chi connectivity index (χ4n) is 1.27. The van der Waals surface area contributed by atoms with Crippen LogP contribution in [0.25, 0.3) is 0 Å². The number of hydrogen-bond donors (Lipinski definition) is 1. The zero-order chi connectivity index (χ0) is 12.1. The van der Waals surface area contributed by atoms with Gasteiger partial charge in [-0.05, 0) is 24.6 Å². The van der Waals surface area contributed by atoms with Crippen molar-refractivity contribution in [3.05, 3.63) is 34.3 Å². The number of carbonyl (C=O) groups is 1. The molecule has 0 aliphatic carbocycles. The predicted octanol–water partition coefficient (Wildman–Crippen LogP) is 1.83. The topological polar surface area (TPSA) is 40.5 Å². The van der Waals surface area contributed by atoms with Crippen molar-refractivity contribution in [2.45, 2.75) is 19.4 Å². The molecule has 0 fully saturated rings. The van der Waals surface area contributed by atoms with Crippen LogP contribution in [0.15, 0.2) is 28.7 Å². The lowest BCUT2D eigenvalue weighted by molar-refractivity contribution is -0.131. The van der Waals surface area contributed by atoms with Gasteiger partial charge in [-0.25, -0.2) is 0 Å². The van der Waals surface area contributed by atoms with Crippen LogP contribution >= 0.6 is 15.9 Å². The lowest BCUT2D eigenvalue weighted by Crippen LogP contribution is -2.38. The fraction of sp³-hybridized carbons (Fsp3) is 0.417. The molecule has 0 aliphatic heterocycles. The number of likely N-dealkylation sites (N-methyl/N-ethyl adjacent to an activating group) is 1. The van der Waals surface area contributed by atoms with Crippen LogP contribution < -0.4 is 0 Å². The van der Waals surface area contributed by atoms with Gasteiger partial charge in [0.1, 0.15) is 0 Å². The Hall–Kier alpha value is -0.870. The summed E-state index contributed by atoms with van der Waals surface area (Å²) in [7, 11) is 1.71. The van der Waals surface area contributed by atoms with E-state index in [-0.39, 0.29) is 18.6 Å². The van der Waals surface area contributed by atoms with Crippen LogP contribution in [0.4, 0.5) is 0 Å². The monoisotopic (exact) mass is 285 g/mol. The number of hydrogen-bond acceptors (Lipinski definition) is 2. The summed E-state index contributed by atoms with van der Waals surface area (Å²) in [5, 5.41) is 8.96. The third-order valence-corrected chi connectivity index (χ3v) is 3.12. The minimum atomic E-state index is -0.136. The summed E-state index contributed by atoms with van der Waals surface area (Å²) in [5.74, 6) is 0.0175. The highest BCUT2D eigenvalue weighted by molar-refractivity contribution is 9.10. The Labute approximate surface area is 104 Å². The van der Waals surface area contributed by atoms with Crippen LogP contribution in [0, 0.1) is 0 Å². The molecule has 0 saturated carbocycles. The number of aliphatic hydroxyl groups excluding tert-OH is 1. The lowest BCUT2D eigenvalue weighted by atomic mass is 10.1. The number of aliphatic hydroxyl groups is 1. The maximum atomic E-state index is 11.8. The largest absolute Gasteiger partial charge is 0.394 e. The molecule has 1 unspecified atom stereocenters. The van der Waals surface area contributed by atoms with Gasteiger partial charge in [0.2, 0.25) is 5.91 Å². The minimum absolute atomic E-state index is 0.0113. The van der Waals surface area contributed by atoms with Gasteiger partial charge >= 0.3 is 0 Å². The molecule has 1 rings (SSSR count). The second-order valence-electron chi connectivity index (χ2n) is 3.84. The predicted molar refractivity (Wildman–Crippen MR) is 67.2 cm³/mol. The molecule has 16 heavy (non-hydrogen) atoms. The minimum Gasteiger partial charge on any atom is -0.394 e. The molecular formula is C12H16BrNO2. The van der Waals surface area contributed by atoms with Crippen LogP contribution in [-0.2, 0) is 11.2 Å². The van der Waals surface area contributed by atoms with Gasteiger partial charge in [0.15, 0.2) is 0 Å². The Morgan fingerprint density at radius 1 is 1.44 bits per heavy atom. The first-order valence-corrected chi connectivity index (χ1v) is 5.95. The normalized spacial score (nSPS) is 12.2. The average molecular weight is 286 g/mol. The van der Waals surface area contributed by atoms with Gasteiger partial charge < -0.3 is 10.0 Å². The molecule has 3 nitrogen and oxygen atoms in total. The molecule has 1 aromatic carbocycles. The summed E-state index contributed by atoms with van der Waals surface area (Å²) in [6.07, 6.45) is 0.369. The van der Waals surface area contributed by atoms with E-state index >= 15 is 0 Å². The van der Waals surface area contributed by atoms with E-state index in [1.165, 1.54) is 0 Å². The van der Waals surface area contributed by atoms with E-state index in [0.717, 1.165) is 10.0 Å². The molecule has 0 aromatic heterocycles. The highest BCUT2D eigenvalue weighted by Gasteiger charge is 2.14. The zero-order valence-electron chi connectivity index (χ0n) is 9.48. The molecule has 0 aliphatic rings. The Kier molecular flexibility index (Phi) is 4.96. The van der Waals surface area contributed by atoms with Crippen molar-refractivity contribution in [3.63, 3.8) is 0 Å². The van der Waals surface area contributed by atoms with Gasteiger partial charge in [0, 0.05) is 11.5 Å². The molecule has 0 heterocycles. The van der Waals surface area contributed by atoms with Gasteiger partial charge in [0.25, 0.3) is 0 Å². The third-order valence-electron chi connectivity index (χ3n) is 2.59. The molecule has 1 amide bonds. The first kappa shape index (κ1) is 13.2. The van der Waals surface area contributed by atoms with Crippen LogP contribution in [0.3, 0.4) is 0 Å². The van der Waals surface area contributed by atoms with Crippen molar-refractivity contribution in [1.29, 1.82) is 0 Å². The van der Waals surface area contributed by atoms with Crippen molar-refractivity contribution in [3.8, 4) is 0 Å². The summed E-state index contributed by atoms with van der Waals surface area (Å²) in [4.78, 5) is 13.4.